The van der Waals surface area contributed by atoms with E-state index in [0.717, 1.165) is 11.3 Å². The predicted molar refractivity (Wildman–Crippen MR) is 73.0 cm³/mol. The summed E-state index contributed by atoms with van der Waals surface area (Å²) in [6.07, 6.45) is 0. The SMILES string of the molecule is Cc1ccc(NC(CN)c2c(F)cccc2F)cc1. The average Bonchev–Trinajstić information content (AvgIpc) is 2.39. The first kappa shape index (κ1) is 13.5. The van der Waals surface area contributed by atoms with E-state index in [4.69, 9.17) is 5.73 Å². The van der Waals surface area contributed by atoms with Crippen molar-refractivity contribution in [1.29, 1.82) is 0 Å². The topological polar surface area (TPSA) is 38.0 Å². The van der Waals surface area contributed by atoms with E-state index in [9.17, 15) is 8.78 Å². The second kappa shape index (κ2) is 5.80. The molecule has 4 heteroatoms. The van der Waals surface area contributed by atoms with Gasteiger partial charge in [0.25, 0.3) is 0 Å². The fraction of sp³-hybridized carbons (Fsp3) is 0.200. The van der Waals surface area contributed by atoms with Crippen LogP contribution in [0.4, 0.5) is 14.5 Å². The fourth-order valence-electron chi connectivity index (χ4n) is 1.94. The van der Waals surface area contributed by atoms with E-state index >= 15 is 0 Å². The minimum atomic E-state index is -0.594. The van der Waals surface area contributed by atoms with Gasteiger partial charge in [-0.25, -0.2) is 8.78 Å². The van der Waals surface area contributed by atoms with Crippen molar-refractivity contribution in [3.8, 4) is 0 Å². The Labute approximate surface area is 111 Å². The van der Waals surface area contributed by atoms with Crippen molar-refractivity contribution >= 4 is 5.69 Å². The van der Waals surface area contributed by atoms with Crippen LogP contribution in [0.25, 0.3) is 0 Å². The van der Waals surface area contributed by atoms with Crippen molar-refractivity contribution in [2.75, 3.05) is 11.9 Å². The maximum absolute atomic E-state index is 13.7. The molecule has 2 aromatic rings. The molecule has 0 aliphatic carbocycles. The molecule has 0 saturated heterocycles. The molecule has 19 heavy (non-hydrogen) atoms. The van der Waals surface area contributed by atoms with E-state index in [1.807, 2.05) is 31.2 Å². The van der Waals surface area contributed by atoms with E-state index in [-0.39, 0.29) is 12.1 Å². The molecule has 1 unspecified atom stereocenters. The number of benzene rings is 2. The first-order valence-electron chi connectivity index (χ1n) is 6.09. The molecule has 3 N–H and O–H groups in total. The van der Waals surface area contributed by atoms with Gasteiger partial charge in [0.2, 0.25) is 0 Å². The number of nitrogens with two attached hydrogens (primary N) is 1. The molecule has 0 amide bonds. The normalized spacial score (nSPS) is 12.2. The zero-order chi connectivity index (χ0) is 13.8. The van der Waals surface area contributed by atoms with Crippen LogP contribution in [0.5, 0.6) is 0 Å². The summed E-state index contributed by atoms with van der Waals surface area (Å²) in [7, 11) is 0. The second-order valence-corrected chi connectivity index (χ2v) is 4.43. The number of rotatable bonds is 4. The lowest BCUT2D eigenvalue weighted by Crippen LogP contribution is -2.23. The molecule has 0 radical (unpaired) electrons. The van der Waals surface area contributed by atoms with Crippen LogP contribution in [0.1, 0.15) is 17.2 Å². The molecular weight excluding hydrogens is 246 g/mol. The number of anilines is 1. The highest BCUT2D eigenvalue weighted by Crippen LogP contribution is 2.24. The Morgan fingerprint density at radius 3 is 2.16 bits per heavy atom. The number of nitrogens with one attached hydrogen (secondary N) is 1. The van der Waals surface area contributed by atoms with Crippen LogP contribution in [0.2, 0.25) is 0 Å². The third-order valence-corrected chi connectivity index (χ3v) is 2.98. The maximum atomic E-state index is 13.7. The van der Waals surface area contributed by atoms with Crippen molar-refractivity contribution in [3.63, 3.8) is 0 Å². The van der Waals surface area contributed by atoms with Crippen LogP contribution in [-0.2, 0) is 0 Å². The summed E-state index contributed by atoms with van der Waals surface area (Å²) >= 11 is 0. The molecule has 0 heterocycles. The van der Waals surface area contributed by atoms with Crippen molar-refractivity contribution < 1.29 is 8.78 Å². The Hall–Kier alpha value is -1.94. The Bertz CT molecular complexity index is 532. The van der Waals surface area contributed by atoms with Gasteiger partial charge in [-0.3, -0.25) is 0 Å². The van der Waals surface area contributed by atoms with Crippen LogP contribution >= 0.6 is 0 Å². The zero-order valence-electron chi connectivity index (χ0n) is 10.7. The molecule has 0 aliphatic heterocycles. The minimum absolute atomic E-state index is 0.0226. The molecule has 2 nitrogen and oxygen atoms in total. The molecule has 0 fully saturated rings. The van der Waals surface area contributed by atoms with Crippen molar-refractivity contribution in [1.82, 2.24) is 0 Å². The Morgan fingerprint density at radius 2 is 1.63 bits per heavy atom. The largest absolute Gasteiger partial charge is 0.377 e. The number of hydrogen-bond acceptors (Lipinski definition) is 2. The lowest BCUT2D eigenvalue weighted by atomic mass is 10.0. The quantitative estimate of drug-likeness (QED) is 0.886. The van der Waals surface area contributed by atoms with E-state index < -0.39 is 17.7 Å². The highest BCUT2D eigenvalue weighted by atomic mass is 19.1. The van der Waals surface area contributed by atoms with Gasteiger partial charge in [-0.1, -0.05) is 23.8 Å². The van der Waals surface area contributed by atoms with E-state index in [0.29, 0.717) is 0 Å². The summed E-state index contributed by atoms with van der Waals surface area (Å²) < 4.78 is 27.4. The van der Waals surface area contributed by atoms with E-state index in [1.165, 1.54) is 18.2 Å². The van der Waals surface area contributed by atoms with Crippen LogP contribution in [0.3, 0.4) is 0 Å². The monoisotopic (exact) mass is 262 g/mol. The van der Waals surface area contributed by atoms with Crippen LogP contribution < -0.4 is 11.1 Å². The summed E-state index contributed by atoms with van der Waals surface area (Å²) in [4.78, 5) is 0. The lowest BCUT2D eigenvalue weighted by Gasteiger charge is -2.20. The highest BCUT2D eigenvalue weighted by molar-refractivity contribution is 5.47. The maximum Gasteiger partial charge on any atom is 0.131 e. The summed E-state index contributed by atoms with van der Waals surface area (Å²) in [5, 5.41) is 3.05. The van der Waals surface area contributed by atoms with Gasteiger partial charge in [0.15, 0.2) is 0 Å². The molecule has 100 valence electrons. The Morgan fingerprint density at radius 1 is 1.05 bits per heavy atom. The van der Waals surface area contributed by atoms with Gasteiger partial charge < -0.3 is 11.1 Å². The van der Waals surface area contributed by atoms with Crippen molar-refractivity contribution in [3.05, 3.63) is 65.2 Å². The first-order valence-corrected chi connectivity index (χ1v) is 6.09. The molecule has 0 bridgehead atoms. The lowest BCUT2D eigenvalue weighted by molar-refractivity contribution is 0.537. The van der Waals surface area contributed by atoms with Gasteiger partial charge in [0, 0.05) is 17.8 Å². The molecule has 1 atom stereocenters. The first-order chi connectivity index (χ1) is 9.11. The Kier molecular flexibility index (Phi) is 4.12. The van der Waals surface area contributed by atoms with Crippen molar-refractivity contribution in [2.45, 2.75) is 13.0 Å². The molecule has 0 saturated carbocycles. The third-order valence-electron chi connectivity index (χ3n) is 2.98. The summed E-state index contributed by atoms with van der Waals surface area (Å²) in [6, 6.07) is 10.8. The summed E-state index contributed by atoms with van der Waals surface area (Å²) in [5.41, 5.74) is 7.50. The molecule has 0 aliphatic rings. The van der Waals surface area contributed by atoms with Gasteiger partial charge in [0.1, 0.15) is 11.6 Å². The van der Waals surface area contributed by atoms with Crippen molar-refractivity contribution in [2.24, 2.45) is 5.73 Å². The van der Waals surface area contributed by atoms with Crippen LogP contribution in [0, 0.1) is 18.6 Å². The summed E-state index contributed by atoms with van der Waals surface area (Å²) in [5.74, 6) is -1.18. The highest BCUT2D eigenvalue weighted by Gasteiger charge is 2.18. The van der Waals surface area contributed by atoms with Gasteiger partial charge in [-0.15, -0.1) is 0 Å². The number of hydrogen-bond donors (Lipinski definition) is 2. The number of aryl methyl sites for hydroxylation is 1. The molecular formula is C15H16F2N2. The van der Waals surface area contributed by atoms with Crippen LogP contribution in [0.15, 0.2) is 42.5 Å². The molecule has 2 rings (SSSR count). The minimum Gasteiger partial charge on any atom is -0.377 e. The van der Waals surface area contributed by atoms with Crippen LogP contribution in [-0.4, -0.2) is 6.54 Å². The zero-order valence-corrected chi connectivity index (χ0v) is 10.7. The standard InChI is InChI=1S/C15H16F2N2/c1-10-5-7-11(8-6-10)19-14(9-18)15-12(16)3-2-4-13(15)17/h2-8,14,19H,9,18H2,1H3. The second-order valence-electron chi connectivity index (χ2n) is 4.43. The molecule has 0 aromatic heterocycles. The fourth-order valence-corrected chi connectivity index (χ4v) is 1.94. The van der Waals surface area contributed by atoms with Gasteiger partial charge in [0.05, 0.1) is 6.04 Å². The van der Waals surface area contributed by atoms with Gasteiger partial charge in [-0.05, 0) is 31.2 Å². The molecule has 0 spiro atoms. The summed E-state index contributed by atoms with van der Waals surface area (Å²) in [6.45, 7) is 2.08. The average molecular weight is 262 g/mol. The number of halogens is 2. The van der Waals surface area contributed by atoms with Gasteiger partial charge >= 0.3 is 0 Å². The molecule has 2 aromatic carbocycles. The van der Waals surface area contributed by atoms with E-state index in [2.05, 4.69) is 5.32 Å². The predicted octanol–water partition coefficient (Wildman–Crippen LogP) is 3.39. The van der Waals surface area contributed by atoms with E-state index in [1.54, 1.807) is 0 Å². The Balaban J connectivity index is 2.27. The third kappa shape index (κ3) is 3.09. The van der Waals surface area contributed by atoms with Gasteiger partial charge in [-0.2, -0.15) is 0 Å². The smallest absolute Gasteiger partial charge is 0.131 e.